The maximum Gasteiger partial charge on any atom is 0.143 e. The summed E-state index contributed by atoms with van der Waals surface area (Å²) in [5.74, 6) is 0.311. The van der Waals surface area contributed by atoms with Crippen molar-refractivity contribution in [2.75, 3.05) is 6.61 Å². The molecule has 1 saturated carbocycles. The fourth-order valence-electron chi connectivity index (χ4n) is 3.11. The van der Waals surface area contributed by atoms with Gasteiger partial charge in [0, 0.05) is 18.4 Å². The zero-order chi connectivity index (χ0) is 10.4. The summed E-state index contributed by atoms with van der Waals surface area (Å²) in [5, 5.41) is 9.54. The van der Waals surface area contributed by atoms with Crippen LogP contribution in [0.15, 0.2) is 11.6 Å². The van der Waals surface area contributed by atoms with E-state index in [0.717, 1.165) is 19.3 Å². The molecule has 2 nitrogen and oxygen atoms in total. The molecule has 0 heterocycles. The SMILES string of the molecule is CC1=C[C@@]2(C)C(=O)CC[C@@]2(CO)CC1. The van der Waals surface area contributed by atoms with Crippen molar-refractivity contribution in [3.63, 3.8) is 0 Å². The number of carbonyl (C=O) groups excluding carboxylic acids is 1. The standard InChI is InChI=1S/C12H18O2/c1-9-3-5-12(8-13)6-4-10(14)11(12,2)7-9/h7,13H,3-6,8H2,1-2H3/t11-,12+/m0/s1. The van der Waals surface area contributed by atoms with Crippen LogP contribution in [0.4, 0.5) is 0 Å². The van der Waals surface area contributed by atoms with E-state index in [9.17, 15) is 9.90 Å². The molecule has 2 rings (SSSR count). The normalized spacial score (nSPS) is 42.2. The highest BCUT2D eigenvalue weighted by Gasteiger charge is 2.56. The molecule has 0 aromatic heterocycles. The van der Waals surface area contributed by atoms with Crippen LogP contribution in [-0.2, 0) is 4.79 Å². The summed E-state index contributed by atoms with van der Waals surface area (Å²) < 4.78 is 0. The molecule has 0 radical (unpaired) electrons. The van der Waals surface area contributed by atoms with Crippen molar-refractivity contribution in [1.82, 2.24) is 0 Å². The van der Waals surface area contributed by atoms with Crippen LogP contribution in [0.25, 0.3) is 0 Å². The molecule has 2 aliphatic carbocycles. The lowest BCUT2D eigenvalue weighted by Gasteiger charge is -2.43. The lowest BCUT2D eigenvalue weighted by Crippen LogP contribution is -2.43. The van der Waals surface area contributed by atoms with Crippen molar-refractivity contribution in [2.24, 2.45) is 10.8 Å². The summed E-state index contributed by atoms with van der Waals surface area (Å²) in [5.41, 5.74) is 0.764. The predicted molar refractivity (Wildman–Crippen MR) is 54.9 cm³/mol. The smallest absolute Gasteiger partial charge is 0.143 e. The number of allylic oxidation sites excluding steroid dienone is 2. The number of hydrogen-bond acceptors (Lipinski definition) is 2. The van der Waals surface area contributed by atoms with Gasteiger partial charge in [0.1, 0.15) is 5.78 Å². The Bertz CT molecular complexity index is 305. The van der Waals surface area contributed by atoms with Gasteiger partial charge in [-0.2, -0.15) is 0 Å². The summed E-state index contributed by atoms with van der Waals surface area (Å²) >= 11 is 0. The van der Waals surface area contributed by atoms with Crippen molar-refractivity contribution in [1.29, 1.82) is 0 Å². The topological polar surface area (TPSA) is 37.3 Å². The number of hydrogen-bond donors (Lipinski definition) is 1. The van der Waals surface area contributed by atoms with Gasteiger partial charge in [-0.25, -0.2) is 0 Å². The summed E-state index contributed by atoms with van der Waals surface area (Å²) in [6.45, 7) is 4.23. The fraction of sp³-hybridized carbons (Fsp3) is 0.750. The third-order valence-electron chi connectivity index (χ3n) is 4.35. The third-order valence-corrected chi connectivity index (χ3v) is 4.35. The Morgan fingerprint density at radius 3 is 2.71 bits per heavy atom. The van der Waals surface area contributed by atoms with Gasteiger partial charge in [0.15, 0.2) is 0 Å². The first-order valence-corrected chi connectivity index (χ1v) is 5.37. The molecule has 0 aliphatic heterocycles. The first-order chi connectivity index (χ1) is 6.54. The molecule has 0 unspecified atom stereocenters. The van der Waals surface area contributed by atoms with Crippen LogP contribution >= 0.6 is 0 Å². The number of Topliss-reactive ketones (excluding diaryl/α,β-unsaturated/α-hetero) is 1. The lowest BCUT2D eigenvalue weighted by atomic mass is 9.60. The fourth-order valence-corrected chi connectivity index (χ4v) is 3.11. The maximum atomic E-state index is 11.9. The average Bonchev–Trinajstić information content (AvgIpc) is 2.40. The Balaban J connectivity index is 2.48. The van der Waals surface area contributed by atoms with Crippen LogP contribution in [-0.4, -0.2) is 17.5 Å². The van der Waals surface area contributed by atoms with Gasteiger partial charge in [0.25, 0.3) is 0 Å². The molecule has 2 atom stereocenters. The average molecular weight is 194 g/mol. The van der Waals surface area contributed by atoms with E-state index in [2.05, 4.69) is 13.0 Å². The van der Waals surface area contributed by atoms with Gasteiger partial charge in [0.2, 0.25) is 0 Å². The number of aliphatic hydroxyl groups excluding tert-OH is 1. The second kappa shape index (κ2) is 2.93. The lowest BCUT2D eigenvalue weighted by molar-refractivity contribution is -0.127. The molecule has 2 heteroatoms. The van der Waals surface area contributed by atoms with Crippen LogP contribution < -0.4 is 0 Å². The minimum absolute atomic E-state index is 0.149. The number of fused-ring (bicyclic) bond motifs is 1. The summed E-state index contributed by atoms with van der Waals surface area (Å²) in [4.78, 5) is 11.9. The van der Waals surface area contributed by atoms with E-state index >= 15 is 0 Å². The van der Waals surface area contributed by atoms with Crippen molar-refractivity contribution in [3.8, 4) is 0 Å². The molecular weight excluding hydrogens is 176 g/mol. The second-order valence-corrected chi connectivity index (χ2v) is 5.05. The van der Waals surface area contributed by atoms with Gasteiger partial charge < -0.3 is 5.11 Å². The number of aliphatic hydroxyl groups is 1. The van der Waals surface area contributed by atoms with Crippen LogP contribution in [0.1, 0.15) is 39.5 Å². The predicted octanol–water partition coefficient (Wildman–Crippen LogP) is 2.07. The third kappa shape index (κ3) is 1.04. The van der Waals surface area contributed by atoms with Crippen LogP contribution in [0, 0.1) is 10.8 Å². The highest BCUT2D eigenvalue weighted by molar-refractivity contribution is 5.90. The van der Waals surface area contributed by atoms with Gasteiger partial charge in [-0.1, -0.05) is 11.6 Å². The molecule has 0 aromatic carbocycles. The molecular formula is C12H18O2. The Morgan fingerprint density at radius 2 is 2.07 bits per heavy atom. The van der Waals surface area contributed by atoms with E-state index in [1.165, 1.54) is 5.57 Å². The van der Waals surface area contributed by atoms with Gasteiger partial charge in [-0.05, 0) is 33.1 Å². The monoisotopic (exact) mass is 194 g/mol. The first-order valence-electron chi connectivity index (χ1n) is 5.37. The minimum atomic E-state index is -0.385. The Labute approximate surface area is 85.0 Å². The highest BCUT2D eigenvalue weighted by Crippen LogP contribution is 2.57. The quantitative estimate of drug-likeness (QED) is 0.649. The molecule has 0 saturated heterocycles. The maximum absolute atomic E-state index is 11.9. The molecule has 0 spiro atoms. The van der Waals surface area contributed by atoms with E-state index in [0.29, 0.717) is 12.2 Å². The van der Waals surface area contributed by atoms with Crippen molar-refractivity contribution >= 4 is 5.78 Å². The Morgan fingerprint density at radius 1 is 1.43 bits per heavy atom. The molecule has 78 valence electrons. The number of ketones is 1. The zero-order valence-corrected chi connectivity index (χ0v) is 8.97. The van der Waals surface area contributed by atoms with E-state index < -0.39 is 0 Å². The van der Waals surface area contributed by atoms with Gasteiger partial charge in [-0.3, -0.25) is 4.79 Å². The van der Waals surface area contributed by atoms with Gasteiger partial charge in [-0.15, -0.1) is 0 Å². The summed E-state index contributed by atoms with van der Waals surface area (Å²) in [6.07, 6.45) is 5.60. The van der Waals surface area contributed by atoms with Crippen LogP contribution in [0.3, 0.4) is 0 Å². The van der Waals surface area contributed by atoms with E-state index in [4.69, 9.17) is 0 Å². The first kappa shape index (κ1) is 9.91. The van der Waals surface area contributed by atoms with Crippen LogP contribution in [0.5, 0.6) is 0 Å². The zero-order valence-electron chi connectivity index (χ0n) is 8.97. The van der Waals surface area contributed by atoms with Crippen LogP contribution in [0.2, 0.25) is 0 Å². The summed E-state index contributed by atoms with van der Waals surface area (Å²) in [7, 11) is 0. The molecule has 1 N–H and O–H groups in total. The van der Waals surface area contributed by atoms with Crippen molar-refractivity contribution < 1.29 is 9.90 Å². The second-order valence-electron chi connectivity index (χ2n) is 5.05. The molecule has 0 bridgehead atoms. The Kier molecular flexibility index (Phi) is 2.07. The van der Waals surface area contributed by atoms with Crippen molar-refractivity contribution in [3.05, 3.63) is 11.6 Å². The van der Waals surface area contributed by atoms with Gasteiger partial charge in [0.05, 0.1) is 5.41 Å². The number of carbonyl (C=O) groups is 1. The van der Waals surface area contributed by atoms with E-state index in [-0.39, 0.29) is 17.4 Å². The van der Waals surface area contributed by atoms with E-state index in [1.807, 2.05) is 6.92 Å². The molecule has 2 aliphatic rings. The molecule has 0 amide bonds. The largest absolute Gasteiger partial charge is 0.396 e. The van der Waals surface area contributed by atoms with Gasteiger partial charge >= 0.3 is 0 Å². The summed E-state index contributed by atoms with van der Waals surface area (Å²) in [6, 6.07) is 0. The molecule has 0 aromatic rings. The van der Waals surface area contributed by atoms with Crippen molar-refractivity contribution in [2.45, 2.75) is 39.5 Å². The minimum Gasteiger partial charge on any atom is -0.396 e. The molecule has 1 fully saturated rings. The Hall–Kier alpha value is -0.630. The number of rotatable bonds is 1. The van der Waals surface area contributed by atoms with E-state index in [1.54, 1.807) is 0 Å². The highest BCUT2D eigenvalue weighted by atomic mass is 16.3. The molecule has 14 heavy (non-hydrogen) atoms.